The first-order chi connectivity index (χ1) is 11.6. The van der Waals surface area contributed by atoms with Crippen LogP contribution < -0.4 is 9.47 Å². The number of nitrogens with zero attached hydrogens (tertiary/aromatic N) is 2. The predicted octanol–water partition coefficient (Wildman–Crippen LogP) is 2.01. The molecular weight excluding hydrogens is 312 g/mol. The average Bonchev–Trinajstić information content (AvgIpc) is 2.87. The van der Waals surface area contributed by atoms with Crippen molar-refractivity contribution in [1.82, 2.24) is 9.80 Å². The fraction of sp³-hybridized carbons (Fsp3) is 0.529. The topological polar surface area (TPSA) is 68.3 Å². The van der Waals surface area contributed by atoms with E-state index in [0.717, 1.165) is 0 Å². The van der Waals surface area contributed by atoms with Crippen molar-refractivity contribution in [2.75, 3.05) is 47.0 Å². The number of rotatable bonds is 4. The van der Waals surface area contributed by atoms with Crippen molar-refractivity contribution >= 4 is 12.0 Å². The molecule has 2 amide bonds. The highest BCUT2D eigenvalue weighted by Gasteiger charge is 2.25. The molecule has 1 aromatic carbocycles. The number of benzene rings is 1. The lowest BCUT2D eigenvalue weighted by molar-refractivity contribution is 0.0750. The van der Waals surface area contributed by atoms with Gasteiger partial charge in [0.2, 0.25) is 0 Å². The molecule has 1 saturated heterocycles. The van der Waals surface area contributed by atoms with Crippen LogP contribution in [0.1, 0.15) is 23.7 Å². The molecule has 0 atom stereocenters. The van der Waals surface area contributed by atoms with Crippen molar-refractivity contribution in [3.63, 3.8) is 0 Å². The maximum Gasteiger partial charge on any atom is 0.409 e. The fourth-order valence-electron chi connectivity index (χ4n) is 2.67. The SMILES string of the molecule is CCOC(=O)N1CCCN(C(=O)c2cc(OC)ccc2OC)CC1. The zero-order chi connectivity index (χ0) is 17.5. The summed E-state index contributed by atoms with van der Waals surface area (Å²) >= 11 is 0. The first-order valence-corrected chi connectivity index (χ1v) is 8.03. The van der Waals surface area contributed by atoms with Crippen LogP contribution in [0, 0.1) is 0 Å². The van der Waals surface area contributed by atoms with Gasteiger partial charge in [0.15, 0.2) is 0 Å². The van der Waals surface area contributed by atoms with Crippen molar-refractivity contribution in [3.05, 3.63) is 23.8 Å². The number of carbonyl (C=O) groups excluding carboxylic acids is 2. The predicted molar refractivity (Wildman–Crippen MR) is 88.7 cm³/mol. The molecule has 7 heteroatoms. The highest BCUT2D eigenvalue weighted by atomic mass is 16.6. The smallest absolute Gasteiger partial charge is 0.409 e. The second-order valence-electron chi connectivity index (χ2n) is 5.40. The average molecular weight is 336 g/mol. The van der Waals surface area contributed by atoms with Gasteiger partial charge >= 0.3 is 6.09 Å². The Balaban J connectivity index is 2.11. The zero-order valence-electron chi connectivity index (χ0n) is 14.4. The maximum atomic E-state index is 12.9. The Labute approximate surface area is 142 Å². The zero-order valence-corrected chi connectivity index (χ0v) is 14.4. The Morgan fingerprint density at radius 1 is 1.04 bits per heavy atom. The normalized spacial score (nSPS) is 14.8. The number of hydrogen-bond donors (Lipinski definition) is 0. The third-order valence-corrected chi connectivity index (χ3v) is 3.95. The van der Waals surface area contributed by atoms with Gasteiger partial charge in [0.25, 0.3) is 5.91 Å². The van der Waals surface area contributed by atoms with Gasteiger partial charge in [-0.25, -0.2) is 4.79 Å². The van der Waals surface area contributed by atoms with E-state index in [0.29, 0.717) is 56.3 Å². The van der Waals surface area contributed by atoms with Crippen molar-refractivity contribution in [3.8, 4) is 11.5 Å². The summed E-state index contributed by atoms with van der Waals surface area (Å²) in [6.45, 7) is 4.20. The van der Waals surface area contributed by atoms with E-state index in [-0.39, 0.29) is 12.0 Å². The van der Waals surface area contributed by atoms with Crippen LogP contribution in [0.3, 0.4) is 0 Å². The second-order valence-corrected chi connectivity index (χ2v) is 5.40. The van der Waals surface area contributed by atoms with Gasteiger partial charge in [-0.1, -0.05) is 0 Å². The van der Waals surface area contributed by atoms with Crippen LogP contribution in [0.4, 0.5) is 4.79 Å². The van der Waals surface area contributed by atoms with E-state index in [2.05, 4.69) is 0 Å². The lowest BCUT2D eigenvalue weighted by atomic mass is 10.1. The van der Waals surface area contributed by atoms with E-state index >= 15 is 0 Å². The van der Waals surface area contributed by atoms with Gasteiger partial charge in [0.05, 0.1) is 26.4 Å². The summed E-state index contributed by atoms with van der Waals surface area (Å²) in [5.41, 5.74) is 0.460. The van der Waals surface area contributed by atoms with Gasteiger partial charge in [-0.15, -0.1) is 0 Å². The third kappa shape index (κ3) is 4.10. The summed E-state index contributed by atoms with van der Waals surface area (Å²) in [6, 6.07) is 5.14. The monoisotopic (exact) mass is 336 g/mol. The summed E-state index contributed by atoms with van der Waals surface area (Å²) in [7, 11) is 3.09. The largest absolute Gasteiger partial charge is 0.497 e. The molecule has 7 nitrogen and oxygen atoms in total. The molecule has 132 valence electrons. The van der Waals surface area contributed by atoms with Crippen molar-refractivity contribution in [2.24, 2.45) is 0 Å². The first kappa shape index (κ1) is 17.9. The van der Waals surface area contributed by atoms with Crippen LogP contribution >= 0.6 is 0 Å². The van der Waals surface area contributed by atoms with E-state index < -0.39 is 0 Å². The van der Waals surface area contributed by atoms with Crippen LogP contribution in [0.5, 0.6) is 11.5 Å². The molecule has 1 aliphatic heterocycles. The van der Waals surface area contributed by atoms with Gasteiger partial charge in [0.1, 0.15) is 11.5 Å². The van der Waals surface area contributed by atoms with Gasteiger partial charge in [-0.3, -0.25) is 4.79 Å². The Morgan fingerprint density at radius 2 is 1.75 bits per heavy atom. The van der Waals surface area contributed by atoms with Crippen LogP contribution in [0.2, 0.25) is 0 Å². The lowest BCUT2D eigenvalue weighted by Crippen LogP contribution is -2.37. The minimum absolute atomic E-state index is 0.128. The van der Waals surface area contributed by atoms with Gasteiger partial charge in [0, 0.05) is 26.2 Å². The Hall–Kier alpha value is -2.44. The number of amides is 2. The Bertz CT molecular complexity index is 590. The van der Waals surface area contributed by atoms with Crippen molar-refractivity contribution < 1.29 is 23.8 Å². The highest BCUT2D eigenvalue weighted by molar-refractivity contribution is 5.97. The minimum atomic E-state index is -0.328. The van der Waals surface area contributed by atoms with E-state index in [1.807, 2.05) is 0 Å². The molecule has 0 saturated carbocycles. The lowest BCUT2D eigenvalue weighted by Gasteiger charge is -2.22. The minimum Gasteiger partial charge on any atom is -0.497 e. The molecule has 0 aliphatic carbocycles. The molecule has 24 heavy (non-hydrogen) atoms. The molecule has 2 rings (SSSR count). The van der Waals surface area contributed by atoms with Gasteiger partial charge in [-0.05, 0) is 31.5 Å². The standard InChI is InChI=1S/C17H24N2O5/c1-4-24-17(21)19-9-5-8-18(10-11-19)16(20)14-12-13(22-2)6-7-15(14)23-3/h6-7,12H,4-5,8-11H2,1-3H3. The molecule has 0 spiro atoms. The molecule has 0 aromatic heterocycles. The molecular formula is C17H24N2O5. The fourth-order valence-corrected chi connectivity index (χ4v) is 2.67. The molecule has 1 aliphatic rings. The van der Waals surface area contributed by atoms with Crippen LogP contribution in [0.15, 0.2) is 18.2 Å². The highest BCUT2D eigenvalue weighted by Crippen LogP contribution is 2.25. The summed E-state index contributed by atoms with van der Waals surface area (Å²) in [5.74, 6) is 0.978. The summed E-state index contributed by atoms with van der Waals surface area (Å²) in [6.07, 6.45) is 0.377. The third-order valence-electron chi connectivity index (χ3n) is 3.95. The molecule has 1 heterocycles. The number of methoxy groups -OCH3 is 2. The van der Waals surface area contributed by atoms with Crippen LogP contribution in [-0.2, 0) is 4.74 Å². The molecule has 0 unspecified atom stereocenters. The molecule has 1 fully saturated rings. The molecule has 1 aromatic rings. The Morgan fingerprint density at radius 3 is 2.42 bits per heavy atom. The maximum absolute atomic E-state index is 12.9. The van der Waals surface area contributed by atoms with Gasteiger partial charge in [-0.2, -0.15) is 0 Å². The quantitative estimate of drug-likeness (QED) is 0.841. The number of carbonyl (C=O) groups is 2. The van der Waals surface area contributed by atoms with Crippen molar-refractivity contribution in [2.45, 2.75) is 13.3 Å². The number of hydrogen-bond acceptors (Lipinski definition) is 5. The van der Waals surface area contributed by atoms with E-state index in [1.165, 1.54) is 7.11 Å². The van der Waals surface area contributed by atoms with Crippen molar-refractivity contribution in [1.29, 1.82) is 0 Å². The molecule has 0 radical (unpaired) electrons. The summed E-state index contributed by atoms with van der Waals surface area (Å²) < 4.78 is 15.5. The van der Waals surface area contributed by atoms with E-state index in [9.17, 15) is 9.59 Å². The van der Waals surface area contributed by atoms with E-state index in [4.69, 9.17) is 14.2 Å². The number of ether oxygens (including phenoxy) is 3. The Kier molecular flexibility index (Phi) is 6.28. The molecule has 0 N–H and O–H groups in total. The summed E-state index contributed by atoms with van der Waals surface area (Å²) in [5, 5.41) is 0. The summed E-state index contributed by atoms with van der Waals surface area (Å²) in [4.78, 5) is 28.1. The first-order valence-electron chi connectivity index (χ1n) is 8.03. The second kappa shape index (κ2) is 8.42. The molecule has 0 bridgehead atoms. The van der Waals surface area contributed by atoms with Crippen LogP contribution in [0.25, 0.3) is 0 Å². The van der Waals surface area contributed by atoms with Crippen LogP contribution in [-0.4, -0.2) is 68.8 Å². The van der Waals surface area contributed by atoms with E-state index in [1.54, 1.807) is 42.0 Å². The van der Waals surface area contributed by atoms with Gasteiger partial charge < -0.3 is 24.0 Å².